The summed E-state index contributed by atoms with van der Waals surface area (Å²) in [6.07, 6.45) is 4.82. The minimum atomic E-state index is -0.947. The van der Waals surface area contributed by atoms with E-state index in [0.29, 0.717) is 44.7 Å². The molecule has 0 aromatic rings. The van der Waals surface area contributed by atoms with E-state index in [1.165, 1.54) is 12.0 Å². The Bertz CT molecular complexity index is 824. The van der Waals surface area contributed by atoms with Crippen LogP contribution in [0.4, 0.5) is 4.79 Å². The molecule has 2 heterocycles. The van der Waals surface area contributed by atoms with Crippen LogP contribution in [0.5, 0.6) is 0 Å². The number of esters is 2. The second kappa shape index (κ2) is 10.3. The van der Waals surface area contributed by atoms with Crippen molar-refractivity contribution < 1.29 is 33.4 Å². The Hall–Kier alpha value is -2.65. The highest BCUT2D eigenvalue weighted by Crippen LogP contribution is 2.45. The molecular weight excluding hydrogens is 442 g/mol. The highest BCUT2D eigenvalue weighted by Gasteiger charge is 2.53. The van der Waals surface area contributed by atoms with Gasteiger partial charge in [0.15, 0.2) is 6.61 Å². The molecule has 3 aliphatic rings. The highest BCUT2D eigenvalue weighted by molar-refractivity contribution is 6.08. The van der Waals surface area contributed by atoms with Crippen LogP contribution in [-0.4, -0.2) is 78.5 Å². The van der Waals surface area contributed by atoms with Crippen molar-refractivity contribution >= 4 is 29.8 Å². The summed E-state index contributed by atoms with van der Waals surface area (Å²) in [4.78, 5) is 64.3. The van der Waals surface area contributed by atoms with E-state index in [0.717, 1.165) is 24.2 Å². The van der Waals surface area contributed by atoms with Crippen molar-refractivity contribution in [2.45, 2.75) is 71.3 Å². The largest absolute Gasteiger partial charge is 0.469 e. The lowest BCUT2D eigenvalue weighted by atomic mass is 9.65. The summed E-state index contributed by atoms with van der Waals surface area (Å²) >= 11 is 0. The van der Waals surface area contributed by atoms with Gasteiger partial charge in [-0.15, -0.1) is 0 Å². The minimum absolute atomic E-state index is 0.178. The van der Waals surface area contributed by atoms with Crippen LogP contribution in [0.1, 0.15) is 65.7 Å². The molecule has 0 aromatic carbocycles. The number of likely N-dealkylation sites (tertiary alicyclic amines) is 1. The third kappa shape index (κ3) is 5.36. The van der Waals surface area contributed by atoms with E-state index in [-0.39, 0.29) is 23.2 Å². The first-order valence-corrected chi connectivity index (χ1v) is 12.2. The first kappa shape index (κ1) is 26.0. The van der Waals surface area contributed by atoms with Crippen LogP contribution in [0.25, 0.3) is 0 Å². The molecule has 10 nitrogen and oxygen atoms in total. The fraction of sp³-hybridized carbons (Fsp3) is 0.792. The quantitative estimate of drug-likeness (QED) is 0.437. The zero-order chi connectivity index (χ0) is 25.1. The number of methoxy groups -OCH3 is 1. The lowest BCUT2D eigenvalue weighted by Gasteiger charge is -2.42. The van der Waals surface area contributed by atoms with E-state index >= 15 is 0 Å². The molecule has 1 spiro atoms. The summed E-state index contributed by atoms with van der Waals surface area (Å²) in [7, 11) is 1.34. The maximum Gasteiger partial charge on any atom is 0.326 e. The molecule has 0 bridgehead atoms. The molecule has 10 heteroatoms. The number of nitrogens with one attached hydrogen (secondary N) is 1. The number of hydrogen-bond donors (Lipinski definition) is 1. The number of carbonyl (C=O) groups is 5. The average molecular weight is 480 g/mol. The molecule has 1 aliphatic carbocycles. The lowest BCUT2D eigenvalue weighted by Crippen LogP contribution is -2.51. The summed E-state index contributed by atoms with van der Waals surface area (Å²) in [5, 5.41) is 2.82. The van der Waals surface area contributed by atoms with Crippen LogP contribution in [0.2, 0.25) is 0 Å². The standard InChI is InChI=1S/C24H37N3O7/c1-5-23(2,3)17-6-10-24(11-7-17)21(31)27(22(32)25-24)14-19(29)34-15-18(28)26-12-8-16(9-13-26)20(30)33-4/h16-17H,5-15H2,1-4H3,(H,25,32). The summed E-state index contributed by atoms with van der Waals surface area (Å²) in [5.41, 5.74) is -0.768. The maximum absolute atomic E-state index is 13.1. The zero-order valence-electron chi connectivity index (χ0n) is 20.7. The Kier molecular flexibility index (Phi) is 7.88. The fourth-order valence-electron chi connectivity index (χ4n) is 5.28. The first-order chi connectivity index (χ1) is 16.0. The predicted octanol–water partition coefficient (Wildman–Crippen LogP) is 1.86. The zero-order valence-corrected chi connectivity index (χ0v) is 20.7. The van der Waals surface area contributed by atoms with Crippen molar-refractivity contribution in [1.82, 2.24) is 15.1 Å². The number of piperidine rings is 1. The summed E-state index contributed by atoms with van der Waals surface area (Å²) in [5.74, 6) is -1.60. The molecule has 2 aliphatic heterocycles. The van der Waals surface area contributed by atoms with Gasteiger partial charge in [0.25, 0.3) is 11.8 Å². The number of nitrogens with zero attached hydrogens (tertiary/aromatic N) is 2. The summed E-state index contributed by atoms with van der Waals surface area (Å²) < 4.78 is 9.80. The number of hydrogen-bond acceptors (Lipinski definition) is 7. The lowest BCUT2D eigenvalue weighted by molar-refractivity contribution is -0.155. The van der Waals surface area contributed by atoms with Crippen LogP contribution >= 0.6 is 0 Å². The van der Waals surface area contributed by atoms with Gasteiger partial charge in [-0.05, 0) is 49.9 Å². The van der Waals surface area contributed by atoms with E-state index in [4.69, 9.17) is 9.47 Å². The van der Waals surface area contributed by atoms with Gasteiger partial charge < -0.3 is 19.7 Å². The Balaban J connectivity index is 1.46. The van der Waals surface area contributed by atoms with Crippen molar-refractivity contribution in [2.75, 3.05) is 33.4 Å². The van der Waals surface area contributed by atoms with Crippen molar-refractivity contribution in [2.24, 2.45) is 17.3 Å². The number of carbonyl (C=O) groups excluding carboxylic acids is 5. The van der Waals surface area contributed by atoms with Gasteiger partial charge in [0.05, 0.1) is 13.0 Å². The Labute approximate surface area is 200 Å². The molecule has 4 amide bonds. The van der Waals surface area contributed by atoms with Gasteiger partial charge in [-0.1, -0.05) is 27.2 Å². The van der Waals surface area contributed by atoms with Crippen LogP contribution in [-0.2, 0) is 28.7 Å². The van der Waals surface area contributed by atoms with Gasteiger partial charge in [0.2, 0.25) is 0 Å². The van der Waals surface area contributed by atoms with Crippen LogP contribution in [0.3, 0.4) is 0 Å². The molecule has 1 N–H and O–H groups in total. The third-order valence-electron chi connectivity index (χ3n) is 8.13. The van der Waals surface area contributed by atoms with E-state index < -0.39 is 36.6 Å². The smallest absolute Gasteiger partial charge is 0.326 e. The van der Waals surface area contributed by atoms with E-state index in [2.05, 4.69) is 26.1 Å². The molecule has 0 radical (unpaired) electrons. The van der Waals surface area contributed by atoms with Crippen LogP contribution in [0, 0.1) is 17.3 Å². The van der Waals surface area contributed by atoms with Gasteiger partial charge in [-0.25, -0.2) is 4.79 Å². The third-order valence-corrected chi connectivity index (χ3v) is 8.13. The Morgan fingerprint density at radius 1 is 1.09 bits per heavy atom. The fourth-order valence-corrected chi connectivity index (χ4v) is 5.28. The van der Waals surface area contributed by atoms with E-state index in [1.807, 2.05) is 0 Å². The summed E-state index contributed by atoms with van der Waals surface area (Å²) in [6.45, 7) is 6.39. The minimum Gasteiger partial charge on any atom is -0.469 e. The van der Waals surface area contributed by atoms with Gasteiger partial charge in [-0.3, -0.25) is 24.1 Å². The Morgan fingerprint density at radius 2 is 1.71 bits per heavy atom. The molecule has 2 saturated heterocycles. The molecule has 0 atom stereocenters. The van der Waals surface area contributed by atoms with Gasteiger partial charge in [0, 0.05) is 13.1 Å². The molecular formula is C24H37N3O7. The topological polar surface area (TPSA) is 122 Å². The number of ether oxygens (including phenoxy) is 2. The molecule has 3 fully saturated rings. The second-order valence-corrected chi connectivity index (χ2v) is 10.4. The number of imide groups is 1. The van der Waals surface area contributed by atoms with E-state index in [9.17, 15) is 24.0 Å². The van der Waals surface area contributed by atoms with Gasteiger partial charge >= 0.3 is 18.0 Å². The van der Waals surface area contributed by atoms with Crippen molar-refractivity contribution in [3.8, 4) is 0 Å². The number of urea groups is 1. The van der Waals surface area contributed by atoms with Gasteiger partial charge in [0.1, 0.15) is 12.1 Å². The van der Waals surface area contributed by atoms with E-state index in [1.54, 1.807) is 0 Å². The normalized spacial score (nSPS) is 25.9. The second-order valence-electron chi connectivity index (χ2n) is 10.4. The van der Waals surface area contributed by atoms with Crippen LogP contribution < -0.4 is 5.32 Å². The SMILES string of the molecule is CCC(C)(C)C1CCC2(CC1)NC(=O)N(CC(=O)OCC(=O)N1CCC(C(=O)OC)CC1)C2=O. The predicted molar refractivity (Wildman–Crippen MR) is 121 cm³/mol. The van der Waals surface area contributed by atoms with Gasteiger partial charge in [-0.2, -0.15) is 0 Å². The monoisotopic (exact) mass is 479 g/mol. The maximum atomic E-state index is 13.1. The van der Waals surface area contributed by atoms with Crippen molar-refractivity contribution in [3.05, 3.63) is 0 Å². The molecule has 3 rings (SSSR count). The summed E-state index contributed by atoms with van der Waals surface area (Å²) in [6, 6.07) is -0.591. The van der Waals surface area contributed by atoms with Crippen LogP contribution in [0.15, 0.2) is 0 Å². The number of rotatable bonds is 7. The molecule has 34 heavy (non-hydrogen) atoms. The van der Waals surface area contributed by atoms with Crippen molar-refractivity contribution in [3.63, 3.8) is 0 Å². The van der Waals surface area contributed by atoms with Crippen molar-refractivity contribution in [1.29, 1.82) is 0 Å². The molecule has 0 unspecified atom stereocenters. The first-order valence-electron chi connectivity index (χ1n) is 12.2. The number of amides is 4. The highest BCUT2D eigenvalue weighted by atomic mass is 16.5. The molecule has 1 saturated carbocycles. The Morgan fingerprint density at radius 3 is 2.26 bits per heavy atom. The molecule has 190 valence electrons. The average Bonchev–Trinajstić information content (AvgIpc) is 3.06. The molecule has 0 aromatic heterocycles.